The van der Waals surface area contributed by atoms with E-state index in [-0.39, 0.29) is 0 Å². The number of nitrogens with one attached hydrogen (secondary N) is 1. The molecule has 0 bridgehead atoms. The largest absolute Gasteiger partial charge is 0.329 e. The van der Waals surface area contributed by atoms with Gasteiger partial charge >= 0.3 is 0 Å². The Morgan fingerprint density at radius 2 is 2.00 bits per heavy atom. The molecule has 0 saturated heterocycles. The number of rotatable bonds is 2. The van der Waals surface area contributed by atoms with Crippen LogP contribution in [0.4, 0.5) is 0 Å². The van der Waals surface area contributed by atoms with Gasteiger partial charge in [-0.1, -0.05) is 12.1 Å². The van der Waals surface area contributed by atoms with Crippen LogP contribution in [0.25, 0.3) is 11.2 Å². The fourth-order valence-electron chi connectivity index (χ4n) is 2.14. The molecule has 5 heteroatoms. The molecule has 3 aromatic rings. The van der Waals surface area contributed by atoms with Gasteiger partial charge in [0.15, 0.2) is 10.4 Å². The first kappa shape index (κ1) is 12.6. The van der Waals surface area contributed by atoms with Gasteiger partial charge in [0.2, 0.25) is 0 Å². The van der Waals surface area contributed by atoms with Crippen molar-refractivity contribution in [2.75, 3.05) is 0 Å². The van der Waals surface area contributed by atoms with E-state index in [0.717, 1.165) is 22.4 Å². The highest BCUT2D eigenvalue weighted by Gasteiger charge is 2.06. The minimum atomic E-state index is 0.640. The number of hydrogen-bond donors (Lipinski definition) is 1. The Morgan fingerprint density at radius 3 is 2.70 bits per heavy atom. The molecule has 0 aliphatic rings. The van der Waals surface area contributed by atoms with Crippen molar-refractivity contribution in [3.63, 3.8) is 0 Å². The zero-order valence-corrected chi connectivity index (χ0v) is 11.7. The molecule has 0 fully saturated rings. The number of nitrogens with zero attached hydrogens (tertiary/aromatic N) is 3. The lowest BCUT2D eigenvalue weighted by Crippen LogP contribution is -2.01. The van der Waals surface area contributed by atoms with Crippen molar-refractivity contribution in [3.05, 3.63) is 58.0 Å². The predicted molar refractivity (Wildman–Crippen MR) is 79.9 cm³/mol. The fourth-order valence-corrected chi connectivity index (χ4v) is 2.40. The standard InChI is InChI=1S/C15H12N4S/c1-10-2-7-13-14(17-10)19(15(20)18-13)9-12-5-3-11(8-16)4-6-12/h2-7H,9H2,1H3,(H,18,20). The van der Waals surface area contributed by atoms with Crippen LogP contribution in [0.1, 0.15) is 16.8 Å². The molecular formula is C15H12N4S. The van der Waals surface area contributed by atoms with Crippen molar-refractivity contribution in [3.8, 4) is 6.07 Å². The summed E-state index contributed by atoms with van der Waals surface area (Å²) in [5, 5.41) is 8.81. The van der Waals surface area contributed by atoms with Crippen LogP contribution in [0.15, 0.2) is 36.4 Å². The van der Waals surface area contributed by atoms with Crippen LogP contribution in [-0.4, -0.2) is 14.5 Å². The van der Waals surface area contributed by atoms with E-state index in [1.807, 2.05) is 47.9 Å². The van der Waals surface area contributed by atoms with Crippen LogP contribution in [0.3, 0.4) is 0 Å². The van der Waals surface area contributed by atoms with Gasteiger partial charge in [-0.05, 0) is 49.0 Å². The first-order chi connectivity index (χ1) is 9.67. The van der Waals surface area contributed by atoms with Gasteiger partial charge in [-0.2, -0.15) is 5.26 Å². The Balaban J connectivity index is 2.05. The van der Waals surface area contributed by atoms with Gasteiger partial charge in [0.25, 0.3) is 0 Å². The molecule has 0 amide bonds. The second-order valence-corrected chi connectivity index (χ2v) is 5.04. The number of imidazole rings is 1. The smallest absolute Gasteiger partial charge is 0.179 e. The first-order valence-corrected chi connectivity index (χ1v) is 6.63. The second-order valence-electron chi connectivity index (χ2n) is 4.65. The van der Waals surface area contributed by atoms with Crippen LogP contribution < -0.4 is 0 Å². The highest BCUT2D eigenvalue weighted by Crippen LogP contribution is 2.15. The molecule has 0 atom stereocenters. The predicted octanol–water partition coefficient (Wildman–Crippen LogP) is 3.32. The molecule has 2 aromatic heterocycles. The summed E-state index contributed by atoms with van der Waals surface area (Å²) in [6.45, 7) is 2.60. The van der Waals surface area contributed by atoms with Crippen LogP contribution in [0, 0.1) is 23.0 Å². The van der Waals surface area contributed by atoms with Gasteiger partial charge in [-0.15, -0.1) is 0 Å². The van der Waals surface area contributed by atoms with Crippen molar-refractivity contribution in [2.24, 2.45) is 0 Å². The molecule has 1 N–H and O–H groups in total. The number of aryl methyl sites for hydroxylation is 1. The average Bonchev–Trinajstić information content (AvgIpc) is 2.76. The average molecular weight is 280 g/mol. The van der Waals surface area contributed by atoms with E-state index < -0.39 is 0 Å². The van der Waals surface area contributed by atoms with E-state index in [9.17, 15) is 0 Å². The molecule has 20 heavy (non-hydrogen) atoms. The Bertz CT molecular complexity index is 866. The minimum absolute atomic E-state index is 0.640. The Labute approximate surface area is 121 Å². The fraction of sp³-hybridized carbons (Fsp3) is 0.133. The van der Waals surface area contributed by atoms with Crippen molar-refractivity contribution in [1.82, 2.24) is 14.5 Å². The van der Waals surface area contributed by atoms with E-state index in [2.05, 4.69) is 16.0 Å². The lowest BCUT2D eigenvalue weighted by Gasteiger charge is -2.04. The van der Waals surface area contributed by atoms with Gasteiger partial charge < -0.3 is 4.98 Å². The summed E-state index contributed by atoms with van der Waals surface area (Å²) in [5.74, 6) is 0. The molecule has 0 radical (unpaired) electrons. The highest BCUT2D eigenvalue weighted by molar-refractivity contribution is 7.71. The Kier molecular flexibility index (Phi) is 3.09. The van der Waals surface area contributed by atoms with Crippen LogP contribution >= 0.6 is 12.2 Å². The molecule has 0 spiro atoms. The Morgan fingerprint density at radius 1 is 1.25 bits per heavy atom. The topological polar surface area (TPSA) is 57.4 Å². The van der Waals surface area contributed by atoms with Crippen molar-refractivity contribution in [1.29, 1.82) is 5.26 Å². The summed E-state index contributed by atoms with van der Waals surface area (Å²) >= 11 is 5.36. The van der Waals surface area contributed by atoms with Gasteiger partial charge in [0.1, 0.15) is 0 Å². The van der Waals surface area contributed by atoms with E-state index in [1.54, 1.807) is 0 Å². The Hall–Kier alpha value is -2.45. The molecule has 0 unspecified atom stereocenters. The number of H-pyrrole nitrogens is 1. The van der Waals surface area contributed by atoms with Crippen LogP contribution in [0.2, 0.25) is 0 Å². The third-order valence-electron chi connectivity index (χ3n) is 3.18. The molecule has 0 aliphatic carbocycles. The quantitative estimate of drug-likeness (QED) is 0.733. The number of nitriles is 1. The second kappa shape index (κ2) is 4.91. The summed E-state index contributed by atoms with van der Waals surface area (Å²) in [7, 11) is 0. The number of aromatic amines is 1. The highest BCUT2D eigenvalue weighted by atomic mass is 32.1. The molecule has 0 saturated carbocycles. The monoisotopic (exact) mass is 280 g/mol. The minimum Gasteiger partial charge on any atom is -0.329 e. The van der Waals surface area contributed by atoms with Crippen LogP contribution in [0.5, 0.6) is 0 Å². The molecule has 2 heterocycles. The number of hydrogen-bond acceptors (Lipinski definition) is 3. The number of fused-ring (bicyclic) bond motifs is 1. The van der Waals surface area contributed by atoms with Gasteiger partial charge in [0.05, 0.1) is 23.7 Å². The molecule has 0 aliphatic heterocycles. The third-order valence-corrected chi connectivity index (χ3v) is 3.50. The SMILES string of the molecule is Cc1ccc2[nH]c(=S)n(Cc3ccc(C#N)cc3)c2n1. The van der Waals surface area contributed by atoms with E-state index in [4.69, 9.17) is 17.5 Å². The number of benzene rings is 1. The van der Waals surface area contributed by atoms with Crippen molar-refractivity contribution in [2.45, 2.75) is 13.5 Å². The maximum atomic E-state index is 8.81. The summed E-state index contributed by atoms with van der Waals surface area (Å²) in [6.07, 6.45) is 0. The van der Waals surface area contributed by atoms with Crippen molar-refractivity contribution < 1.29 is 0 Å². The maximum Gasteiger partial charge on any atom is 0.179 e. The van der Waals surface area contributed by atoms with Crippen LogP contribution in [-0.2, 0) is 6.54 Å². The third kappa shape index (κ3) is 2.22. The lowest BCUT2D eigenvalue weighted by molar-refractivity contribution is 0.799. The molecular weight excluding hydrogens is 268 g/mol. The lowest BCUT2D eigenvalue weighted by atomic mass is 10.1. The summed E-state index contributed by atoms with van der Waals surface area (Å²) in [5.41, 5.74) is 4.50. The van der Waals surface area contributed by atoms with Gasteiger partial charge in [-0.3, -0.25) is 4.57 Å². The van der Waals surface area contributed by atoms with Gasteiger partial charge in [0, 0.05) is 5.69 Å². The molecule has 4 nitrogen and oxygen atoms in total. The number of pyridine rings is 1. The molecule has 1 aromatic carbocycles. The number of aromatic nitrogens is 3. The summed E-state index contributed by atoms with van der Waals surface area (Å²) < 4.78 is 2.63. The zero-order valence-electron chi connectivity index (χ0n) is 10.9. The zero-order chi connectivity index (χ0) is 14.1. The molecule has 98 valence electrons. The summed E-state index contributed by atoms with van der Waals surface area (Å²) in [4.78, 5) is 7.70. The van der Waals surface area contributed by atoms with E-state index in [1.165, 1.54) is 0 Å². The normalized spacial score (nSPS) is 10.6. The first-order valence-electron chi connectivity index (χ1n) is 6.22. The summed E-state index contributed by atoms with van der Waals surface area (Å²) in [6, 6.07) is 13.6. The van der Waals surface area contributed by atoms with Gasteiger partial charge in [-0.25, -0.2) is 4.98 Å². The maximum absolute atomic E-state index is 8.81. The molecule has 3 rings (SSSR count). The van der Waals surface area contributed by atoms with E-state index in [0.29, 0.717) is 16.9 Å². The van der Waals surface area contributed by atoms with E-state index >= 15 is 0 Å². The van der Waals surface area contributed by atoms with Crippen molar-refractivity contribution >= 4 is 23.4 Å².